The molecule has 1 atom stereocenters. The zero-order chi connectivity index (χ0) is 22.2. The first-order valence-corrected chi connectivity index (χ1v) is 11.0. The number of thioether (sulfide) groups is 1. The fourth-order valence-corrected chi connectivity index (χ4v) is 3.45. The van der Waals surface area contributed by atoms with Crippen molar-refractivity contribution < 1.29 is 19.5 Å². The number of nitrogens with one attached hydrogen (secondary N) is 1. The normalized spacial score (nSPS) is 13.3. The van der Waals surface area contributed by atoms with Gasteiger partial charge in [-0.2, -0.15) is 11.8 Å². The number of rotatable bonds is 14. The van der Waals surface area contributed by atoms with Crippen LogP contribution in [0.1, 0.15) is 60.3 Å². The van der Waals surface area contributed by atoms with Gasteiger partial charge in [0.25, 0.3) is 0 Å². The van der Waals surface area contributed by atoms with Crippen LogP contribution < -0.4 is 5.32 Å². The highest BCUT2D eigenvalue weighted by atomic mass is 32.2. The highest BCUT2D eigenvalue weighted by Crippen LogP contribution is 2.13. The number of carbonyl (C=O) groups excluding carboxylic acids is 2. The summed E-state index contributed by atoms with van der Waals surface area (Å²) in [4.78, 5) is 33.7. The molecule has 1 amide bonds. The van der Waals surface area contributed by atoms with E-state index in [2.05, 4.69) is 51.2 Å². The minimum absolute atomic E-state index is 0.149. The quantitative estimate of drug-likeness (QED) is 0.238. The van der Waals surface area contributed by atoms with Gasteiger partial charge in [-0.25, -0.2) is 4.79 Å². The largest absolute Gasteiger partial charge is 0.478 e. The minimum Gasteiger partial charge on any atom is -0.478 e. The zero-order valence-electron chi connectivity index (χ0n) is 18.3. The summed E-state index contributed by atoms with van der Waals surface area (Å²) >= 11 is 1.56. The summed E-state index contributed by atoms with van der Waals surface area (Å²) in [6.45, 7) is 9.94. The number of carboxylic acid groups (broad SMARTS) is 1. The molecular formula is C23H35NO4S. The van der Waals surface area contributed by atoms with Gasteiger partial charge in [-0.05, 0) is 60.3 Å². The molecule has 162 valence electrons. The maximum absolute atomic E-state index is 11.7. The van der Waals surface area contributed by atoms with E-state index in [9.17, 15) is 14.4 Å². The van der Waals surface area contributed by atoms with Crippen LogP contribution in [-0.4, -0.2) is 40.3 Å². The lowest BCUT2D eigenvalue weighted by Crippen LogP contribution is -2.40. The Kier molecular flexibility index (Phi) is 14.7. The molecule has 0 radical (unpaired) electrons. The predicted octanol–water partition coefficient (Wildman–Crippen LogP) is 4.85. The van der Waals surface area contributed by atoms with Gasteiger partial charge in [-0.1, -0.05) is 34.9 Å². The Morgan fingerprint density at radius 1 is 0.897 bits per heavy atom. The van der Waals surface area contributed by atoms with Crippen LogP contribution in [0.4, 0.5) is 0 Å². The molecule has 0 aliphatic rings. The molecule has 0 rings (SSSR count). The number of hydrogen-bond acceptors (Lipinski definition) is 4. The first kappa shape index (κ1) is 26.9. The lowest BCUT2D eigenvalue weighted by atomic mass is 10.1. The Labute approximate surface area is 179 Å². The summed E-state index contributed by atoms with van der Waals surface area (Å²) in [7, 11) is 0. The van der Waals surface area contributed by atoms with Gasteiger partial charge in [0, 0.05) is 23.7 Å². The monoisotopic (exact) mass is 421 g/mol. The van der Waals surface area contributed by atoms with Crippen LogP contribution >= 0.6 is 11.8 Å². The van der Waals surface area contributed by atoms with E-state index in [0.29, 0.717) is 5.75 Å². The lowest BCUT2D eigenvalue weighted by molar-refractivity contribution is -0.131. The van der Waals surface area contributed by atoms with Gasteiger partial charge in [0.05, 0.1) is 6.04 Å². The maximum Gasteiger partial charge on any atom is 0.328 e. The molecule has 0 aromatic rings. The SMILES string of the molecule is CC(=O)C(CSC/C=C(\C)CC/C=C(\C)CCC=C(C)C)NC(=O)/C=C/C(=O)O. The van der Waals surface area contributed by atoms with Crippen molar-refractivity contribution in [2.75, 3.05) is 11.5 Å². The molecule has 5 nitrogen and oxygen atoms in total. The molecule has 0 saturated heterocycles. The van der Waals surface area contributed by atoms with E-state index in [1.54, 1.807) is 11.8 Å². The molecule has 0 aromatic carbocycles. The average molecular weight is 422 g/mol. The zero-order valence-corrected chi connectivity index (χ0v) is 19.1. The summed E-state index contributed by atoms with van der Waals surface area (Å²) in [5.41, 5.74) is 4.08. The van der Waals surface area contributed by atoms with Crippen LogP contribution in [0, 0.1) is 0 Å². The van der Waals surface area contributed by atoms with Crippen molar-refractivity contribution in [2.24, 2.45) is 0 Å². The standard InChI is InChI=1S/C23H35NO4S/c1-17(2)8-6-9-18(3)10-7-11-19(4)14-15-29-16-21(20(5)25)24-22(26)12-13-23(27)28/h8,10,12-14,21H,6-7,9,11,15-16H2,1-5H3,(H,24,26)(H,27,28)/b13-12+,18-10+,19-14+. The fraction of sp³-hybridized carbons (Fsp3) is 0.522. The molecule has 0 fully saturated rings. The van der Waals surface area contributed by atoms with Crippen LogP contribution in [0.3, 0.4) is 0 Å². The van der Waals surface area contributed by atoms with Gasteiger partial charge >= 0.3 is 5.97 Å². The third kappa shape index (κ3) is 16.6. The number of carbonyl (C=O) groups is 3. The van der Waals surface area contributed by atoms with Crippen LogP contribution in [-0.2, 0) is 14.4 Å². The minimum atomic E-state index is -1.20. The van der Waals surface area contributed by atoms with E-state index < -0.39 is 17.9 Å². The number of carboxylic acids is 1. The summed E-state index contributed by atoms with van der Waals surface area (Å²) < 4.78 is 0. The van der Waals surface area contributed by atoms with Gasteiger partial charge in [-0.15, -0.1) is 0 Å². The molecule has 2 N–H and O–H groups in total. The van der Waals surface area contributed by atoms with Gasteiger partial charge < -0.3 is 10.4 Å². The molecule has 0 heterocycles. The third-order valence-electron chi connectivity index (χ3n) is 4.14. The number of allylic oxidation sites excluding steroid dienone is 5. The smallest absolute Gasteiger partial charge is 0.328 e. The molecule has 0 spiro atoms. The van der Waals surface area contributed by atoms with Crippen LogP contribution in [0.15, 0.2) is 47.1 Å². The third-order valence-corrected chi connectivity index (χ3v) is 5.11. The molecule has 0 aliphatic heterocycles. The van der Waals surface area contributed by atoms with Crippen molar-refractivity contribution in [3.8, 4) is 0 Å². The van der Waals surface area contributed by atoms with Gasteiger partial charge in [0.15, 0.2) is 5.78 Å². The van der Waals surface area contributed by atoms with Gasteiger partial charge in [0.1, 0.15) is 0 Å². The second-order valence-electron chi connectivity index (χ2n) is 7.34. The molecule has 1 unspecified atom stereocenters. The Morgan fingerprint density at radius 2 is 1.48 bits per heavy atom. The first-order valence-electron chi connectivity index (χ1n) is 9.86. The number of amides is 1. The second kappa shape index (κ2) is 15.8. The second-order valence-corrected chi connectivity index (χ2v) is 8.42. The van der Waals surface area contributed by atoms with Gasteiger partial charge in [0.2, 0.25) is 5.91 Å². The Bertz CT molecular complexity index is 670. The van der Waals surface area contributed by atoms with Crippen LogP contribution in [0.2, 0.25) is 0 Å². The van der Waals surface area contributed by atoms with Crippen molar-refractivity contribution in [1.82, 2.24) is 5.32 Å². The molecule has 0 aliphatic carbocycles. The van der Waals surface area contributed by atoms with E-state index in [1.165, 1.54) is 23.6 Å². The number of ketones is 1. The Hall–Kier alpha value is -2.08. The number of aliphatic carboxylic acids is 1. The van der Waals surface area contributed by atoms with Crippen LogP contribution in [0.5, 0.6) is 0 Å². The highest BCUT2D eigenvalue weighted by molar-refractivity contribution is 7.99. The molecule has 0 aromatic heterocycles. The predicted molar refractivity (Wildman–Crippen MR) is 122 cm³/mol. The number of Topliss-reactive ketones (excluding diaryl/α,β-unsaturated/α-hetero) is 1. The molecule has 0 saturated carbocycles. The first-order chi connectivity index (χ1) is 13.6. The van der Waals surface area contributed by atoms with Crippen molar-refractivity contribution in [3.63, 3.8) is 0 Å². The average Bonchev–Trinajstić information content (AvgIpc) is 2.61. The molecule has 0 bridgehead atoms. The molecular weight excluding hydrogens is 386 g/mol. The van der Waals surface area contributed by atoms with Crippen molar-refractivity contribution in [1.29, 1.82) is 0 Å². The summed E-state index contributed by atoms with van der Waals surface area (Å²) in [5.74, 6) is -0.711. The topological polar surface area (TPSA) is 83.5 Å². The molecule has 6 heteroatoms. The van der Waals surface area contributed by atoms with E-state index in [4.69, 9.17) is 5.11 Å². The summed E-state index contributed by atoms with van der Waals surface area (Å²) in [5, 5.41) is 11.1. The van der Waals surface area contributed by atoms with E-state index in [1.807, 2.05) is 0 Å². The molecule has 29 heavy (non-hydrogen) atoms. The summed E-state index contributed by atoms with van der Waals surface area (Å²) in [6.07, 6.45) is 12.6. The summed E-state index contributed by atoms with van der Waals surface area (Å²) in [6, 6.07) is -0.619. The van der Waals surface area contributed by atoms with E-state index in [0.717, 1.165) is 43.6 Å². The Morgan fingerprint density at radius 3 is 2.03 bits per heavy atom. The highest BCUT2D eigenvalue weighted by Gasteiger charge is 2.15. The van der Waals surface area contributed by atoms with Gasteiger partial charge in [-0.3, -0.25) is 9.59 Å². The maximum atomic E-state index is 11.7. The van der Waals surface area contributed by atoms with E-state index >= 15 is 0 Å². The van der Waals surface area contributed by atoms with Crippen molar-refractivity contribution in [3.05, 3.63) is 47.1 Å². The van der Waals surface area contributed by atoms with Crippen molar-refractivity contribution in [2.45, 2.75) is 66.3 Å². The Balaban J connectivity index is 4.27. The van der Waals surface area contributed by atoms with E-state index in [-0.39, 0.29) is 5.78 Å². The lowest BCUT2D eigenvalue weighted by Gasteiger charge is -2.13. The fourth-order valence-electron chi connectivity index (χ4n) is 2.35. The number of hydrogen-bond donors (Lipinski definition) is 2. The van der Waals surface area contributed by atoms with Crippen LogP contribution in [0.25, 0.3) is 0 Å². The van der Waals surface area contributed by atoms with Crippen molar-refractivity contribution >= 4 is 29.4 Å².